The van der Waals surface area contributed by atoms with E-state index in [4.69, 9.17) is 23.2 Å². The molecule has 2 rings (SSSR count). The maximum atomic E-state index is 10.6. The van der Waals surface area contributed by atoms with Crippen LogP contribution in [0.3, 0.4) is 0 Å². The van der Waals surface area contributed by atoms with Gasteiger partial charge in [-0.2, -0.15) is 0 Å². The highest BCUT2D eigenvalue weighted by molar-refractivity contribution is 6.35. The van der Waals surface area contributed by atoms with Gasteiger partial charge in [-0.05, 0) is 48.6 Å². The number of hydrogen-bond acceptors (Lipinski definition) is 2. The quantitative estimate of drug-likeness (QED) is 0.642. The van der Waals surface area contributed by atoms with Crippen LogP contribution >= 0.6 is 23.2 Å². The summed E-state index contributed by atoms with van der Waals surface area (Å²) in [6, 6.07) is 9.24. The summed E-state index contributed by atoms with van der Waals surface area (Å²) >= 11 is 12.2. The molecule has 1 N–H and O–H groups in total. The van der Waals surface area contributed by atoms with Crippen LogP contribution in [0.1, 0.15) is 43.4 Å². The van der Waals surface area contributed by atoms with Gasteiger partial charge in [0.2, 0.25) is 0 Å². The predicted molar refractivity (Wildman–Crippen MR) is 97.0 cm³/mol. The number of rotatable bonds is 7. The molecular weight excluding hydrogens is 329 g/mol. The average Bonchev–Trinajstić information content (AvgIpc) is 2.56. The summed E-state index contributed by atoms with van der Waals surface area (Å²) in [5.74, 6) is 0. The van der Waals surface area contributed by atoms with E-state index in [-0.39, 0.29) is 0 Å². The Morgan fingerprint density at radius 2 is 2.13 bits per heavy atom. The van der Waals surface area contributed by atoms with E-state index < -0.39 is 6.10 Å². The molecule has 122 valence electrons. The van der Waals surface area contributed by atoms with Crippen LogP contribution in [-0.4, -0.2) is 10.1 Å². The second-order valence-electron chi connectivity index (χ2n) is 5.51. The predicted octanol–water partition coefficient (Wildman–Crippen LogP) is 5.78. The monoisotopic (exact) mass is 349 g/mol. The lowest BCUT2D eigenvalue weighted by atomic mass is 9.96. The molecule has 1 aromatic carbocycles. The molecular formula is C19H21Cl2NO. The summed E-state index contributed by atoms with van der Waals surface area (Å²) in [5.41, 5.74) is 2.83. The Labute approximate surface area is 147 Å². The van der Waals surface area contributed by atoms with Crippen molar-refractivity contribution in [3.8, 4) is 0 Å². The molecule has 0 radical (unpaired) electrons. The molecule has 1 heterocycles. The first-order valence-electron chi connectivity index (χ1n) is 7.82. The number of hydrogen-bond donors (Lipinski definition) is 1. The Bertz CT molecular complexity index is 656. The molecule has 1 atom stereocenters. The maximum Gasteiger partial charge on any atom is 0.102 e. The minimum atomic E-state index is -0.624. The van der Waals surface area contributed by atoms with Crippen molar-refractivity contribution in [2.45, 2.75) is 38.7 Å². The van der Waals surface area contributed by atoms with Crippen LogP contribution in [0.25, 0.3) is 0 Å². The van der Waals surface area contributed by atoms with Gasteiger partial charge in [0, 0.05) is 28.0 Å². The number of pyridine rings is 1. The zero-order valence-corrected chi connectivity index (χ0v) is 14.7. The second kappa shape index (κ2) is 9.07. The van der Waals surface area contributed by atoms with Crippen LogP contribution in [-0.2, 0) is 6.42 Å². The number of aliphatic hydroxyl groups excluding tert-OH is 1. The van der Waals surface area contributed by atoms with Gasteiger partial charge in [-0.15, -0.1) is 0 Å². The van der Waals surface area contributed by atoms with Crippen LogP contribution in [0.2, 0.25) is 10.0 Å². The number of halogens is 2. The third-order valence-corrected chi connectivity index (χ3v) is 4.36. The van der Waals surface area contributed by atoms with Crippen LogP contribution in [0, 0.1) is 0 Å². The highest BCUT2D eigenvalue weighted by atomic mass is 35.5. The highest BCUT2D eigenvalue weighted by Gasteiger charge is 2.13. The minimum Gasteiger partial charge on any atom is -0.384 e. The standard InChI is InChI=1S/C19H21Cl2NO/c1-2-3-5-15(19(23)16-6-4-11-22-13-16)8-7-14-9-10-17(20)12-18(14)21/h4,6,8-13,19,23H,2-3,5,7H2,1H3. The van der Waals surface area contributed by atoms with Crippen molar-refractivity contribution in [1.29, 1.82) is 0 Å². The van der Waals surface area contributed by atoms with Gasteiger partial charge in [0.15, 0.2) is 0 Å². The van der Waals surface area contributed by atoms with Crippen LogP contribution in [0.15, 0.2) is 54.4 Å². The summed E-state index contributed by atoms with van der Waals surface area (Å²) < 4.78 is 0. The van der Waals surface area contributed by atoms with Gasteiger partial charge >= 0.3 is 0 Å². The molecule has 23 heavy (non-hydrogen) atoms. The van der Waals surface area contributed by atoms with Crippen molar-refractivity contribution >= 4 is 23.2 Å². The molecule has 0 amide bonds. The molecule has 1 aromatic heterocycles. The molecule has 0 aliphatic heterocycles. The maximum absolute atomic E-state index is 10.6. The Morgan fingerprint density at radius 3 is 2.78 bits per heavy atom. The van der Waals surface area contributed by atoms with Gasteiger partial charge in [0.1, 0.15) is 6.10 Å². The molecule has 0 aliphatic carbocycles. The first kappa shape index (κ1) is 18.0. The van der Waals surface area contributed by atoms with Gasteiger partial charge in [-0.25, -0.2) is 0 Å². The van der Waals surface area contributed by atoms with E-state index in [1.54, 1.807) is 18.5 Å². The van der Waals surface area contributed by atoms with Crippen molar-refractivity contribution in [3.63, 3.8) is 0 Å². The average molecular weight is 350 g/mol. The molecule has 0 bridgehead atoms. The number of aromatic nitrogens is 1. The van der Waals surface area contributed by atoms with Gasteiger partial charge in [0.25, 0.3) is 0 Å². The Morgan fingerprint density at radius 1 is 1.30 bits per heavy atom. The van der Waals surface area contributed by atoms with Gasteiger partial charge in [-0.1, -0.05) is 54.8 Å². The molecule has 1 unspecified atom stereocenters. The van der Waals surface area contributed by atoms with Crippen molar-refractivity contribution in [3.05, 3.63) is 75.5 Å². The van der Waals surface area contributed by atoms with Crippen LogP contribution < -0.4 is 0 Å². The third kappa shape index (κ3) is 5.35. The molecule has 0 aliphatic rings. The van der Waals surface area contributed by atoms with E-state index in [1.807, 2.05) is 24.3 Å². The Kier molecular flexibility index (Phi) is 7.10. The summed E-state index contributed by atoms with van der Waals surface area (Å²) in [7, 11) is 0. The Balaban J connectivity index is 2.19. The van der Waals surface area contributed by atoms with Crippen LogP contribution in [0.4, 0.5) is 0 Å². The SMILES string of the molecule is CCCCC(=CCc1ccc(Cl)cc1Cl)C(O)c1cccnc1. The van der Waals surface area contributed by atoms with E-state index >= 15 is 0 Å². The molecule has 0 saturated heterocycles. The van der Waals surface area contributed by atoms with E-state index in [0.29, 0.717) is 16.5 Å². The third-order valence-electron chi connectivity index (χ3n) is 3.77. The van der Waals surface area contributed by atoms with E-state index in [9.17, 15) is 5.11 Å². The fraction of sp³-hybridized carbons (Fsp3) is 0.316. The number of nitrogens with zero attached hydrogens (tertiary/aromatic N) is 1. The fourth-order valence-electron chi connectivity index (χ4n) is 2.41. The zero-order chi connectivity index (χ0) is 16.7. The van der Waals surface area contributed by atoms with Crippen LogP contribution in [0.5, 0.6) is 0 Å². The lowest BCUT2D eigenvalue weighted by Crippen LogP contribution is -2.03. The van der Waals surface area contributed by atoms with Crippen molar-refractivity contribution in [1.82, 2.24) is 4.98 Å². The number of unbranched alkanes of at least 4 members (excludes halogenated alkanes) is 1. The fourth-order valence-corrected chi connectivity index (χ4v) is 2.90. The molecule has 2 nitrogen and oxygen atoms in total. The topological polar surface area (TPSA) is 33.1 Å². The van der Waals surface area contributed by atoms with Crippen molar-refractivity contribution in [2.24, 2.45) is 0 Å². The first-order valence-corrected chi connectivity index (χ1v) is 8.58. The van der Waals surface area contributed by atoms with Gasteiger partial charge < -0.3 is 5.11 Å². The van der Waals surface area contributed by atoms with Gasteiger partial charge in [0.05, 0.1) is 0 Å². The first-order chi connectivity index (χ1) is 11.1. The normalized spacial score (nSPS) is 13.1. The smallest absolute Gasteiger partial charge is 0.102 e. The molecule has 0 fully saturated rings. The lowest BCUT2D eigenvalue weighted by Gasteiger charge is -2.15. The Hall–Kier alpha value is -1.35. The molecule has 4 heteroatoms. The van der Waals surface area contributed by atoms with Crippen molar-refractivity contribution in [2.75, 3.05) is 0 Å². The second-order valence-corrected chi connectivity index (χ2v) is 6.35. The molecule has 0 spiro atoms. The largest absolute Gasteiger partial charge is 0.384 e. The van der Waals surface area contributed by atoms with Crippen molar-refractivity contribution < 1.29 is 5.11 Å². The number of aliphatic hydroxyl groups is 1. The zero-order valence-electron chi connectivity index (χ0n) is 13.2. The summed E-state index contributed by atoms with van der Waals surface area (Å²) in [6.07, 6.45) is 8.52. The van der Waals surface area contributed by atoms with E-state index in [1.165, 1.54) is 0 Å². The number of benzene rings is 1. The highest BCUT2D eigenvalue weighted by Crippen LogP contribution is 2.27. The lowest BCUT2D eigenvalue weighted by molar-refractivity contribution is 0.209. The summed E-state index contributed by atoms with van der Waals surface area (Å²) in [5, 5.41) is 11.9. The van der Waals surface area contributed by atoms with E-state index in [2.05, 4.69) is 18.0 Å². The van der Waals surface area contributed by atoms with E-state index in [0.717, 1.165) is 36.0 Å². The summed E-state index contributed by atoms with van der Waals surface area (Å²) in [6.45, 7) is 2.14. The van der Waals surface area contributed by atoms with Gasteiger partial charge in [-0.3, -0.25) is 4.98 Å². The molecule has 0 saturated carbocycles. The minimum absolute atomic E-state index is 0.624. The number of allylic oxidation sites excluding steroid dienone is 1. The molecule has 2 aromatic rings. The summed E-state index contributed by atoms with van der Waals surface area (Å²) in [4.78, 5) is 4.09.